The van der Waals surface area contributed by atoms with Crippen molar-refractivity contribution in [3.05, 3.63) is 32.7 Å². The molecule has 1 N–H and O–H groups in total. The third kappa shape index (κ3) is 3.23. The van der Waals surface area contributed by atoms with E-state index in [0.717, 1.165) is 19.0 Å². The number of nitrogens with zero attached hydrogens (tertiary/aromatic N) is 1. The predicted molar refractivity (Wildman–Crippen MR) is 86.4 cm³/mol. The Morgan fingerprint density at radius 2 is 1.68 bits per heavy atom. The van der Waals surface area contributed by atoms with Gasteiger partial charge in [-0.15, -0.1) is 0 Å². The molecule has 1 aliphatic carbocycles. The summed E-state index contributed by atoms with van der Waals surface area (Å²) in [5, 5.41) is 3.46. The largest absolute Gasteiger partial charge is 0.314 e. The Morgan fingerprint density at radius 3 is 2.21 bits per heavy atom. The monoisotopic (exact) mass is 386 g/mol. The van der Waals surface area contributed by atoms with Crippen molar-refractivity contribution in [2.75, 3.05) is 26.2 Å². The minimum Gasteiger partial charge on any atom is -0.314 e. The Bertz CT molecular complexity index is 420. The molecular formula is C15H20Br2N2. The summed E-state index contributed by atoms with van der Waals surface area (Å²) in [5.74, 6) is 0.847. The van der Waals surface area contributed by atoms with Gasteiger partial charge < -0.3 is 5.32 Å². The molecule has 1 atom stereocenters. The summed E-state index contributed by atoms with van der Waals surface area (Å²) >= 11 is 7.27. The highest BCUT2D eigenvalue weighted by atomic mass is 79.9. The third-order valence-electron chi connectivity index (χ3n) is 4.37. The van der Waals surface area contributed by atoms with Gasteiger partial charge in [0.1, 0.15) is 0 Å². The number of halogens is 2. The number of hydrogen-bond donors (Lipinski definition) is 1. The highest BCUT2D eigenvalue weighted by Gasteiger charge is 2.33. The van der Waals surface area contributed by atoms with Crippen LogP contribution in [0.2, 0.25) is 0 Å². The van der Waals surface area contributed by atoms with Crippen LogP contribution in [0.1, 0.15) is 30.9 Å². The molecule has 1 aromatic carbocycles. The standard InChI is InChI=1S/C15H20Br2N2/c16-13-8-12(9-14(17)10-13)15(11-2-1-3-11)19-6-4-18-5-7-19/h8-11,15,18H,1-7H2/t15-/m1/s1. The highest BCUT2D eigenvalue weighted by molar-refractivity contribution is 9.11. The number of rotatable bonds is 3. The lowest BCUT2D eigenvalue weighted by Gasteiger charge is -2.43. The summed E-state index contributed by atoms with van der Waals surface area (Å²) in [6.45, 7) is 4.59. The van der Waals surface area contributed by atoms with E-state index in [2.05, 4.69) is 60.3 Å². The average molecular weight is 388 g/mol. The quantitative estimate of drug-likeness (QED) is 0.844. The van der Waals surface area contributed by atoms with E-state index in [9.17, 15) is 0 Å². The second-order valence-electron chi connectivity index (χ2n) is 5.62. The Morgan fingerprint density at radius 1 is 1.05 bits per heavy atom. The number of nitrogens with one attached hydrogen (secondary N) is 1. The Kier molecular flexibility index (Phi) is 4.62. The molecule has 0 aromatic heterocycles. The topological polar surface area (TPSA) is 15.3 Å². The van der Waals surface area contributed by atoms with Crippen LogP contribution in [0.3, 0.4) is 0 Å². The maximum absolute atomic E-state index is 3.63. The maximum Gasteiger partial charge on any atom is 0.0378 e. The van der Waals surface area contributed by atoms with Gasteiger partial charge >= 0.3 is 0 Å². The van der Waals surface area contributed by atoms with Crippen molar-refractivity contribution in [3.8, 4) is 0 Å². The zero-order chi connectivity index (χ0) is 13.2. The van der Waals surface area contributed by atoms with Gasteiger partial charge in [-0.3, -0.25) is 4.90 Å². The van der Waals surface area contributed by atoms with Crippen LogP contribution in [0.5, 0.6) is 0 Å². The van der Waals surface area contributed by atoms with Gasteiger partial charge in [-0.05, 0) is 42.5 Å². The van der Waals surface area contributed by atoms with Crippen LogP contribution in [0.25, 0.3) is 0 Å². The van der Waals surface area contributed by atoms with Crippen molar-refractivity contribution >= 4 is 31.9 Å². The molecule has 0 unspecified atom stereocenters. The van der Waals surface area contributed by atoms with E-state index in [1.807, 2.05) is 0 Å². The zero-order valence-corrected chi connectivity index (χ0v) is 14.2. The fourth-order valence-corrected chi connectivity index (χ4v) is 4.57. The van der Waals surface area contributed by atoms with Crippen LogP contribution in [0.4, 0.5) is 0 Å². The Balaban J connectivity index is 1.88. The summed E-state index contributed by atoms with van der Waals surface area (Å²) in [4.78, 5) is 2.68. The normalized spacial score (nSPS) is 23.1. The van der Waals surface area contributed by atoms with E-state index in [1.54, 1.807) is 0 Å². The van der Waals surface area contributed by atoms with Crippen LogP contribution >= 0.6 is 31.9 Å². The molecule has 0 spiro atoms. The van der Waals surface area contributed by atoms with Crippen LogP contribution in [-0.2, 0) is 0 Å². The fraction of sp³-hybridized carbons (Fsp3) is 0.600. The molecule has 0 radical (unpaired) electrons. The smallest absolute Gasteiger partial charge is 0.0378 e. The lowest BCUT2D eigenvalue weighted by Crippen LogP contribution is -2.47. The fourth-order valence-electron chi connectivity index (χ4n) is 3.24. The summed E-state index contributed by atoms with van der Waals surface area (Å²) in [6, 6.07) is 7.33. The average Bonchev–Trinajstić information content (AvgIpc) is 2.33. The van der Waals surface area contributed by atoms with Gasteiger partial charge in [0.2, 0.25) is 0 Å². The number of hydrogen-bond acceptors (Lipinski definition) is 2. The molecule has 2 fully saturated rings. The van der Waals surface area contributed by atoms with E-state index in [-0.39, 0.29) is 0 Å². The Labute approximate surface area is 132 Å². The van der Waals surface area contributed by atoms with Crippen LogP contribution in [0.15, 0.2) is 27.1 Å². The SMILES string of the molecule is Brc1cc(Br)cc([C@@H](C2CCC2)N2CCNCC2)c1. The first-order chi connectivity index (χ1) is 9.24. The molecule has 19 heavy (non-hydrogen) atoms. The van der Waals surface area contributed by atoms with Crippen molar-refractivity contribution in [3.63, 3.8) is 0 Å². The Hall–Kier alpha value is 0.1000. The van der Waals surface area contributed by atoms with Gasteiger partial charge in [-0.2, -0.15) is 0 Å². The maximum atomic E-state index is 3.63. The molecule has 1 heterocycles. The van der Waals surface area contributed by atoms with Crippen LogP contribution in [-0.4, -0.2) is 31.1 Å². The summed E-state index contributed by atoms with van der Waals surface area (Å²) in [5.41, 5.74) is 1.47. The van der Waals surface area contributed by atoms with Gasteiger partial charge in [0.25, 0.3) is 0 Å². The van der Waals surface area contributed by atoms with Gasteiger partial charge in [0.15, 0.2) is 0 Å². The molecule has 1 aromatic rings. The first-order valence-electron chi connectivity index (χ1n) is 7.15. The number of benzene rings is 1. The molecule has 4 heteroatoms. The van der Waals surface area contributed by atoms with Crippen LogP contribution in [0, 0.1) is 5.92 Å². The van der Waals surface area contributed by atoms with Crippen molar-refractivity contribution in [1.29, 1.82) is 0 Å². The highest BCUT2D eigenvalue weighted by Crippen LogP contribution is 2.42. The van der Waals surface area contributed by atoms with E-state index >= 15 is 0 Å². The van der Waals surface area contributed by atoms with Crippen molar-refractivity contribution in [2.45, 2.75) is 25.3 Å². The molecule has 1 saturated carbocycles. The van der Waals surface area contributed by atoms with Gasteiger partial charge in [-0.25, -0.2) is 0 Å². The van der Waals surface area contributed by atoms with Crippen molar-refractivity contribution < 1.29 is 0 Å². The summed E-state index contributed by atoms with van der Waals surface area (Å²) < 4.78 is 2.35. The van der Waals surface area contributed by atoms with E-state index in [0.29, 0.717) is 6.04 Å². The van der Waals surface area contributed by atoms with E-state index in [4.69, 9.17) is 0 Å². The lowest BCUT2D eigenvalue weighted by molar-refractivity contribution is 0.0836. The predicted octanol–water partition coefficient (Wildman–Crippen LogP) is 3.96. The lowest BCUT2D eigenvalue weighted by atomic mass is 9.76. The van der Waals surface area contributed by atoms with Gasteiger partial charge in [0.05, 0.1) is 0 Å². The zero-order valence-electron chi connectivity index (χ0n) is 11.0. The second-order valence-corrected chi connectivity index (χ2v) is 7.46. The minimum atomic E-state index is 0.602. The van der Waals surface area contributed by atoms with Crippen molar-refractivity contribution in [1.82, 2.24) is 10.2 Å². The van der Waals surface area contributed by atoms with E-state index < -0.39 is 0 Å². The molecule has 2 nitrogen and oxygen atoms in total. The first-order valence-corrected chi connectivity index (χ1v) is 8.73. The third-order valence-corrected chi connectivity index (χ3v) is 5.28. The molecular weight excluding hydrogens is 368 g/mol. The number of piperazine rings is 1. The molecule has 1 saturated heterocycles. The second kappa shape index (κ2) is 6.25. The van der Waals surface area contributed by atoms with Crippen molar-refractivity contribution in [2.24, 2.45) is 5.92 Å². The minimum absolute atomic E-state index is 0.602. The first kappa shape index (κ1) is 14.1. The van der Waals surface area contributed by atoms with Crippen LogP contribution < -0.4 is 5.32 Å². The van der Waals surface area contributed by atoms with Gasteiger partial charge in [0, 0.05) is 41.2 Å². The summed E-state index contributed by atoms with van der Waals surface area (Å²) in [6.07, 6.45) is 4.18. The van der Waals surface area contributed by atoms with E-state index in [1.165, 1.54) is 46.9 Å². The molecule has 1 aliphatic heterocycles. The molecule has 3 rings (SSSR count). The molecule has 0 amide bonds. The molecule has 2 aliphatic rings. The molecule has 0 bridgehead atoms. The van der Waals surface area contributed by atoms with Gasteiger partial charge in [-0.1, -0.05) is 38.3 Å². The summed E-state index contributed by atoms with van der Waals surface area (Å²) in [7, 11) is 0. The molecule has 104 valence electrons.